The first-order valence-corrected chi connectivity index (χ1v) is 10.9. The van der Waals surface area contributed by atoms with Gasteiger partial charge in [-0.3, -0.25) is 9.55 Å². The molecule has 4 rings (SSSR count). The van der Waals surface area contributed by atoms with Gasteiger partial charge in [-0.15, -0.1) is 5.10 Å². The van der Waals surface area contributed by atoms with Crippen LogP contribution in [0.4, 0.5) is 17.6 Å². The van der Waals surface area contributed by atoms with Crippen LogP contribution in [0.3, 0.4) is 0 Å². The number of aromatic nitrogens is 5. The van der Waals surface area contributed by atoms with E-state index in [-0.39, 0.29) is 45.6 Å². The van der Waals surface area contributed by atoms with E-state index in [9.17, 15) is 27.5 Å². The minimum Gasteiger partial charge on any atom is -0.464 e. The Balaban J connectivity index is 1.95. The third kappa shape index (κ3) is 4.71. The summed E-state index contributed by atoms with van der Waals surface area (Å²) in [6, 6.07) is 6.37. The molecule has 1 aromatic carbocycles. The molecule has 0 aliphatic heterocycles. The van der Waals surface area contributed by atoms with Crippen molar-refractivity contribution in [3.63, 3.8) is 0 Å². The van der Waals surface area contributed by atoms with Crippen LogP contribution in [0.2, 0.25) is 5.02 Å². The fraction of sp³-hybridized carbons (Fsp3) is 0.273. The van der Waals surface area contributed by atoms with Crippen LogP contribution in [0, 0.1) is 5.82 Å². The lowest BCUT2D eigenvalue weighted by atomic mass is 10.2. The Morgan fingerprint density at radius 2 is 2.00 bits per heavy atom. The van der Waals surface area contributed by atoms with Crippen molar-refractivity contribution in [2.75, 3.05) is 0 Å². The number of benzene rings is 1. The fourth-order valence-electron chi connectivity index (χ4n) is 3.32. The number of aliphatic hydroxyl groups excluding tert-OH is 1. The first kappa shape index (κ1) is 25.4. The Labute approximate surface area is 205 Å². The summed E-state index contributed by atoms with van der Waals surface area (Å²) in [5.41, 5.74) is -0.674. The summed E-state index contributed by atoms with van der Waals surface area (Å²) in [4.78, 5) is 21.0. The smallest absolute Gasteiger partial charge is 0.425 e. The third-order valence-corrected chi connectivity index (χ3v) is 5.43. The molecule has 1 unspecified atom stereocenters. The van der Waals surface area contributed by atoms with Crippen molar-refractivity contribution < 1.29 is 32.1 Å². The number of alkyl halides is 3. The van der Waals surface area contributed by atoms with Gasteiger partial charge in [0.15, 0.2) is 29.3 Å². The summed E-state index contributed by atoms with van der Waals surface area (Å²) in [7, 11) is 0. The van der Waals surface area contributed by atoms with E-state index in [0.717, 1.165) is 22.2 Å². The Hall–Kier alpha value is -3.71. The van der Waals surface area contributed by atoms with E-state index in [1.165, 1.54) is 30.5 Å². The number of nitrogens with zero attached hydrogens (tertiary/aromatic N) is 5. The minimum atomic E-state index is -4.76. The first-order chi connectivity index (χ1) is 17.0. The standard InChI is InChI=1S/C22H18ClF4N5O4/c1-3-31-17(10-33)30-32(21(31)34)16-9-14-18(20(29-16)35-11(2)22(25,26)27)15(7-8-28-14)36-19-12(23)5-4-6-13(19)24/h4-9,11,33H,3,10H2,1-2H3. The molecule has 190 valence electrons. The van der Waals surface area contributed by atoms with Gasteiger partial charge in [0.2, 0.25) is 5.88 Å². The topological polar surface area (TPSA) is 104 Å². The summed E-state index contributed by atoms with van der Waals surface area (Å²) >= 11 is 6.04. The summed E-state index contributed by atoms with van der Waals surface area (Å²) in [6.45, 7) is 2.04. The number of para-hydroxylation sites is 1. The molecule has 0 saturated carbocycles. The van der Waals surface area contributed by atoms with Gasteiger partial charge in [0.25, 0.3) is 0 Å². The van der Waals surface area contributed by atoms with Crippen molar-refractivity contribution in [2.24, 2.45) is 0 Å². The van der Waals surface area contributed by atoms with Crippen molar-refractivity contribution in [3.8, 4) is 23.2 Å². The summed E-state index contributed by atoms with van der Waals surface area (Å²) in [6.07, 6.45) is -5.81. The maximum atomic E-state index is 14.4. The maximum absolute atomic E-state index is 14.4. The Bertz CT molecular complexity index is 1470. The molecule has 0 aliphatic rings. The highest BCUT2D eigenvalue weighted by Crippen LogP contribution is 2.39. The van der Waals surface area contributed by atoms with Crippen molar-refractivity contribution in [1.29, 1.82) is 0 Å². The van der Waals surface area contributed by atoms with Crippen LogP contribution in [0.15, 0.2) is 41.3 Å². The SMILES string of the molecule is CCn1c(CO)nn(-c2cc3nccc(Oc4c(F)cccc4Cl)c3c(OC(C)C(F)(F)F)n2)c1=O. The molecule has 36 heavy (non-hydrogen) atoms. The highest BCUT2D eigenvalue weighted by atomic mass is 35.5. The van der Waals surface area contributed by atoms with Gasteiger partial charge in [0, 0.05) is 18.8 Å². The van der Waals surface area contributed by atoms with E-state index < -0.39 is 36.3 Å². The van der Waals surface area contributed by atoms with Gasteiger partial charge in [-0.2, -0.15) is 22.8 Å². The number of hydrogen-bond acceptors (Lipinski definition) is 7. The zero-order chi connectivity index (χ0) is 26.2. The molecule has 1 atom stereocenters. The molecule has 1 N–H and O–H groups in total. The molecule has 9 nitrogen and oxygen atoms in total. The average molecular weight is 528 g/mol. The van der Waals surface area contributed by atoms with Gasteiger partial charge < -0.3 is 14.6 Å². The number of aliphatic hydroxyl groups is 1. The lowest BCUT2D eigenvalue weighted by molar-refractivity contribution is -0.189. The molecule has 4 aromatic rings. The first-order valence-electron chi connectivity index (χ1n) is 10.5. The van der Waals surface area contributed by atoms with Gasteiger partial charge in [0.05, 0.1) is 10.5 Å². The van der Waals surface area contributed by atoms with Gasteiger partial charge in [-0.25, -0.2) is 9.18 Å². The lowest BCUT2D eigenvalue weighted by Gasteiger charge is -2.19. The van der Waals surface area contributed by atoms with Crippen molar-refractivity contribution >= 4 is 22.5 Å². The van der Waals surface area contributed by atoms with E-state index in [1.807, 2.05) is 0 Å². The molecule has 3 heterocycles. The second-order valence-electron chi connectivity index (χ2n) is 7.46. The van der Waals surface area contributed by atoms with Crippen molar-refractivity contribution in [2.45, 2.75) is 39.3 Å². The molecule has 3 aromatic heterocycles. The molecule has 0 spiro atoms. The van der Waals surface area contributed by atoms with E-state index >= 15 is 0 Å². The molecule has 0 amide bonds. The highest BCUT2D eigenvalue weighted by Gasteiger charge is 2.39. The molecule has 0 bridgehead atoms. The van der Waals surface area contributed by atoms with Crippen LogP contribution < -0.4 is 15.2 Å². The number of ether oxygens (including phenoxy) is 2. The number of fused-ring (bicyclic) bond motifs is 1. The number of hydrogen-bond donors (Lipinski definition) is 1. The Morgan fingerprint density at radius 3 is 2.61 bits per heavy atom. The molecule has 14 heteroatoms. The monoisotopic (exact) mass is 527 g/mol. The quantitative estimate of drug-likeness (QED) is 0.355. The Morgan fingerprint density at radius 1 is 1.25 bits per heavy atom. The van der Waals surface area contributed by atoms with E-state index in [4.69, 9.17) is 21.1 Å². The molecule has 0 saturated heterocycles. The fourth-order valence-corrected chi connectivity index (χ4v) is 3.52. The molecular formula is C22H18ClF4N5O4. The molecular weight excluding hydrogens is 510 g/mol. The molecule has 0 aliphatic carbocycles. The van der Waals surface area contributed by atoms with Gasteiger partial charge in [-0.05, 0) is 32.0 Å². The number of rotatable bonds is 7. The second-order valence-corrected chi connectivity index (χ2v) is 7.86. The van der Waals surface area contributed by atoms with Crippen molar-refractivity contribution in [3.05, 3.63) is 63.7 Å². The Kier molecular flexibility index (Phi) is 6.87. The van der Waals surface area contributed by atoms with Crippen LogP contribution in [0.5, 0.6) is 17.4 Å². The lowest BCUT2D eigenvalue weighted by Crippen LogP contribution is -2.31. The number of halogens is 5. The average Bonchev–Trinajstić information content (AvgIpc) is 3.16. The van der Waals surface area contributed by atoms with E-state index in [1.54, 1.807) is 6.92 Å². The second kappa shape index (κ2) is 9.74. The molecule has 0 fully saturated rings. The van der Waals surface area contributed by atoms with E-state index in [2.05, 4.69) is 15.1 Å². The largest absolute Gasteiger partial charge is 0.464 e. The predicted molar refractivity (Wildman–Crippen MR) is 120 cm³/mol. The van der Waals surface area contributed by atoms with Crippen LogP contribution in [-0.2, 0) is 13.2 Å². The summed E-state index contributed by atoms with van der Waals surface area (Å²) in [5.74, 6) is -2.10. The van der Waals surface area contributed by atoms with Gasteiger partial charge in [0.1, 0.15) is 17.7 Å². The summed E-state index contributed by atoms with van der Waals surface area (Å²) < 4.78 is 67.2. The van der Waals surface area contributed by atoms with Crippen LogP contribution >= 0.6 is 11.6 Å². The van der Waals surface area contributed by atoms with Crippen LogP contribution in [-0.4, -0.2) is 41.7 Å². The van der Waals surface area contributed by atoms with Gasteiger partial charge >= 0.3 is 11.9 Å². The zero-order valence-corrected chi connectivity index (χ0v) is 19.5. The summed E-state index contributed by atoms with van der Waals surface area (Å²) in [5, 5.41) is 13.3. The van der Waals surface area contributed by atoms with Crippen molar-refractivity contribution in [1.82, 2.24) is 24.3 Å². The highest BCUT2D eigenvalue weighted by molar-refractivity contribution is 6.32. The van der Waals surface area contributed by atoms with Crippen LogP contribution in [0.1, 0.15) is 19.7 Å². The van der Waals surface area contributed by atoms with Crippen LogP contribution in [0.25, 0.3) is 16.7 Å². The zero-order valence-electron chi connectivity index (χ0n) is 18.8. The van der Waals surface area contributed by atoms with E-state index in [0.29, 0.717) is 0 Å². The normalized spacial score (nSPS) is 12.7. The molecule has 0 radical (unpaired) electrons. The minimum absolute atomic E-state index is 0.0119. The third-order valence-electron chi connectivity index (χ3n) is 5.13. The van der Waals surface area contributed by atoms with Gasteiger partial charge in [-0.1, -0.05) is 17.7 Å². The number of pyridine rings is 2. The predicted octanol–water partition coefficient (Wildman–Crippen LogP) is 4.40. The maximum Gasteiger partial charge on any atom is 0.425 e.